The Balaban J connectivity index is 1.60. The van der Waals surface area contributed by atoms with Crippen molar-refractivity contribution in [1.29, 1.82) is 5.26 Å². The number of nitrogens with one attached hydrogen (secondary N) is 2. The summed E-state index contributed by atoms with van der Waals surface area (Å²) in [6.07, 6.45) is -10.3. The van der Waals surface area contributed by atoms with Crippen LogP contribution < -0.4 is 10.7 Å². The van der Waals surface area contributed by atoms with Crippen LogP contribution in [0.25, 0.3) is 0 Å². The summed E-state index contributed by atoms with van der Waals surface area (Å²) in [5, 5.41) is 27.2. The lowest BCUT2D eigenvalue weighted by molar-refractivity contribution is -0.143. The molecule has 4 rings (SSSR count). The zero-order chi connectivity index (χ0) is 27.8. The molecule has 2 aromatic rings. The van der Waals surface area contributed by atoms with Gasteiger partial charge in [-0.25, -0.2) is 0 Å². The Kier molecular flexibility index (Phi) is 7.35. The number of nitrogens with zero attached hydrogens (tertiary/aromatic N) is 3. The molecule has 7 nitrogen and oxygen atoms in total. The van der Waals surface area contributed by atoms with Crippen LogP contribution in [0.1, 0.15) is 48.1 Å². The minimum absolute atomic E-state index is 0.0721. The van der Waals surface area contributed by atoms with Gasteiger partial charge in [0.2, 0.25) is 6.35 Å². The zero-order valence-corrected chi connectivity index (χ0v) is 20.1. The van der Waals surface area contributed by atoms with Crippen molar-refractivity contribution in [1.82, 2.24) is 15.6 Å². The van der Waals surface area contributed by atoms with E-state index in [-0.39, 0.29) is 31.2 Å². The predicted octanol–water partition coefficient (Wildman–Crippen LogP) is 4.47. The number of aliphatic hydroxyl groups excluding tert-OH is 1. The lowest BCUT2D eigenvalue weighted by Crippen LogP contribution is -2.65. The average Bonchev–Trinajstić information content (AvgIpc) is 3.33. The second-order valence-corrected chi connectivity index (χ2v) is 9.39. The first-order valence-corrected chi connectivity index (χ1v) is 11.7. The van der Waals surface area contributed by atoms with Gasteiger partial charge in [-0.15, -0.1) is 0 Å². The molecule has 0 saturated carbocycles. The second kappa shape index (κ2) is 10.1. The fourth-order valence-electron chi connectivity index (χ4n) is 4.71. The number of nitriles is 1. The van der Waals surface area contributed by atoms with Crippen LogP contribution in [0.15, 0.2) is 53.6 Å². The van der Waals surface area contributed by atoms with Gasteiger partial charge >= 0.3 is 12.4 Å². The summed E-state index contributed by atoms with van der Waals surface area (Å²) in [6, 6.07) is 12.6. The second-order valence-electron chi connectivity index (χ2n) is 9.39. The molecule has 204 valence electrons. The van der Waals surface area contributed by atoms with Crippen molar-refractivity contribution in [3.8, 4) is 6.07 Å². The fraction of sp³-hybridized carbons (Fsp3) is 0.440. The predicted molar refractivity (Wildman–Crippen MR) is 124 cm³/mol. The van der Waals surface area contributed by atoms with Gasteiger partial charge in [0, 0.05) is 6.54 Å². The number of hydrogen-bond donors (Lipinski definition) is 3. The van der Waals surface area contributed by atoms with Gasteiger partial charge in [0.1, 0.15) is 11.9 Å². The maximum Gasteiger partial charge on any atom is 0.416 e. The summed E-state index contributed by atoms with van der Waals surface area (Å²) in [7, 11) is 0. The van der Waals surface area contributed by atoms with E-state index < -0.39 is 47.0 Å². The Hall–Kier alpha value is -3.34. The monoisotopic (exact) mass is 541 g/mol. The third kappa shape index (κ3) is 5.43. The Bertz CT molecular complexity index is 1170. The van der Waals surface area contributed by atoms with Gasteiger partial charge in [-0.2, -0.15) is 36.7 Å². The van der Waals surface area contributed by atoms with Crippen molar-refractivity contribution in [2.24, 2.45) is 5.10 Å². The third-order valence-corrected chi connectivity index (χ3v) is 7.01. The van der Waals surface area contributed by atoms with Gasteiger partial charge in [-0.3, -0.25) is 10.3 Å². The highest BCUT2D eigenvalue weighted by Crippen LogP contribution is 2.40. The van der Waals surface area contributed by atoms with Gasteiger partial charge in [-0.05, 0) is 49.1 Å². The van der Waals surface area contributed by atoms with Gasteiger partial charge in [0.15, 0.2) is 0 Å². The topological polar surface area (TPSA) is 92.9 Å². The molecule has 38 heavy (non-hydrogen) atoms. The van der Waals surface area contributed by atoms with E-state index in [9.17, 15) is 36.7 Å². The van der Waals surface area contributed by atoms with Crippen LogP contribution in [0.5, 0.6) is 0 Å². The Labute approximate surface area is 214 Å². The molecular formula is C25H25F6N5O2. The molecule has 2 heterocycles. The molecule has 2 aromatic carbocycles. The third-order valence-electron chi connectivity index (χ3n) is 7.01. The molecule has 3 N–H and O–H groups in total. The van der Waals surface area contributed by atoms with E-state index in [1.165, 1.54) is 18.2 Å². The maximum absolute atomic E-state index is 13.3. The van der Waals surface area contributed by atoms with E-state index in [4.69, 9.17) is 4.74 Å². The Morgan fingerprint density at radius 2 is 1.74 bits per heavy atom. The first kappa shape index (κ1) is 27.7. The van der Waals surface area contributed by atoms with Crippen molar-refractivity contribution >= 4 is 6.34 Å². The molecule has 0 radical (unpaired) electrons. The number of rotatable bonds is 6. The molecule has 4 atom stereocenters. The van der Waals surface area contributed by atoms with E-state index in [2.05, 4.69) is 21.9 Å². The van der Waals surface area contributed by atoms with Crippen LogP contribution >= 0.6 is 0 Å². The zero-order valence-electron chi connectivity index (χ0n) is 20.1. The standard InChI is InChI=1S/C25H25F6N5O2/c1-16(17-9-19(24(26,27)28)11-20(10-17)25(29,30)31)38-14-23(18-5-3-2-4-6-18)8-7-22(12-32,13-33-23)36-15-34-35-21(36)37/h2-6,9-11,15-16,21,33,35,37H,7-8,13-14H2,1H3/t16-,21?,22+,23-/m1/s1. The van der Waals surface area contributed by atoms with Gasteiger partial charge in [0.25, 0.3) is 0 Å². The van der Waals surface area contributed by atoms with E-state index >= 15 is 0 Å². The molecule has 1 unspecified atom stereocenters. The van der Waals surface area contributed by atoms with Gasteiger partial charge in [-0.1, -0.05) is 30.3 Å². The highest BCUT2D eigenvalue weighted by Gasteiger charge is 2.49. The molecule has 13 heteroatoms. The van der Waals surface area contributed by atoms with Crippen LogP contribution in [-0.4, -0.2) is 41.4 Å². The number of ether oxygens (including phenoxy) is 1. The molecular weight excluding hydrogens is 516 g/mol. The lowest BCUT2D eigenvalue weighted by Gasteiger charge is -2.48. The SMILES string of the molecule is C[C@@H](OC[C@@]1(c2ccccc2)CC[C@@](C#N)(N2C=NNC2O)CN1)c1cc(C(F)(F)F)cc(C(F)(F)F)c1. The van der Waals surface area contributed by atoms with Crippen LogP contribution in [0, 0.1) is 11.3 Å². The fourth-order valence-corrected chi connectivity index (χ4v) is 4.71. The van der Waals surface area contributed by atoms with E-state index in [1.54, 1.807) is 18.2 Å². The maximum atomic E-state index is 13.3. The van der Waals surface area contributed by atoms with Crippen molar-refractivity contribution in [2.75, 3.05) is 13.2 Å². The summed E-state index contributed by atoms with van der Waals surface area (Å²) >= 11 is 0. The van der Waals surface area contributed by atoms with Gasteiger partial charge in [0.05, 0.1) is 35.4 Å². The number of aliphatic hydroxyl groups is 1. The molecule has 2 aliphatic rings. The van der Waals surface area contributed by atoms with E-state index in [0.29, 0.717) is 18.6 Å². The summed E-state index contributed by atoms with van der Waals surface area (Å²) in [5.41, 5.74) is -1.92. The summed E-state index contributed by atoms with van der Waals surface area (Å²) in [4.78, 5) is 1.39. The number of halogens is 6. The van der Waals surface area contributed by atoms with Gasteiger partial charge < -0.3 is 15.2 Å². The first-order valence-electron chi connectivity index (χ1n) is 11.7. The molecule has 2 aliphatic heterocycles. The molecule has 0 bridgehead atoms. The van der Waals surface area contributed by atoms with Crippen molar-refractivity contribution < 1.29 is 36.2 Å². The van der Waals surface area contributed by atoms with Crippen LogP contribution in [0.3, 0.4) is 0 Å². The van der Waals surface area contributed by atoms with Crippen LogP contribution in [0.4, 0.5) is 26.3 Å². The van der Waals surface area contributed by atoms with Crippen molar-refractivity contribution in [3.05, 3.63) is 70.8 Å². The molecule has 0 amide bonds. The first-order chi connectivity index (χ1) is 17.8. The highest BCUT2D eigenvalue weighted by atomic mass is 19.4. The molecule has 0 spiro atoms. The van der Waals surface area contributed by atoms with Crippen molar-refractivity contribution in [3.63, 3.8) is 0 Å². The van der Waals surface area contributed by atoms with Crippen LogP contribution in [-0.2, 0) is 22.6 Å². The summed E-state index contributed by atoms with van der Waals surface area (Å²) < 4.78 is 86.0. The number of piperidine rings is 1. The normalized spacial score (nSPS) is 26.6. The molecule has 0 aliphatic carbocycles. The number of benzene rings is 2. The largest absolute Gasteiger partial charge is 0.416 e. The minimum Gasteiger partial charge on any atom is -0.372 e. The molecule has 0 aromatic heterocycles. The van der Waals surface area contributed by atoms with Crippen molar-refractivity contribution in [2.45, 2.75) is 55.7 Å². The number of alkyl halides is 6. The Morgan fingerprint density at radius 1 is 1.11 bits per heavy atom. The lowest BCUT2D eigenvalue weighted by atomic mass is 9.76. The number of hydrazone groups is 1. The average molecular weight is 541 g/mol. The summed E-state index contributed by atoms with van der Waals surface area (Å²) in [6.45, 7) is 1.36. The van der Waals surface area contributed by atoms with E-state index in [1.807, 2.05) is 12.1 Å². The van der Waals surface area contributed by atoms with E-state index in [0.717, 1.165) is 5.56 Å². The highest BCUT2D eigenvalue weighted by molar-refractivity contribution is 5.59. The quantitative estimate of drug-likeness (QED) is 0.468. The smallest absolute Gasteiger partial charge is 0.372 e. The number of hydrogen-bond acceptors (Lipinski definition) is 7. The minimum atomic E-state index is -4.97. The molecule has 1 fully saturated rings. The van der Waals surface area contributed by atoms with Crippen LogP contribution in [0.2, 0.25) is 0 Å². The molecule has 1 saturated heterocycles. The summed E-state index contributed by atoms with van der Waals surface area (Å²) in [5.74, 6) is 0. The Morgan fingerprint density at radius 3 is 2.21 bits per heavy atom.